The zero-order chi connectivity index (χ0) is 20.4. The molecule has 1 fully saturated rings. The number of aromatic nitrogens is 2. The fourth-order valence-electron chi connectivity index (χ4n) is 2.39. The molecule has 2 heterocycles. The number of halogens is 2. The summed E-state index contributed by atoms with van der Waals surface area (Å²) in [5, 5.41) is 29.3. The van der Waals surface area contributed by atoms with Gasteiger partial charge in [0.15, 0.2) is 6.10 Å². The van der Waals surface area contributed by atoms with Crippen molar-refractivity contribution in [2.75, 3.05) is 11.9 Å². The number of ether oxygens (including phenoxy) is 1. The highest BCUT2D eigenvalue weighted by molar-refractivity contribution is 5.90. The van der Waals surface area contributed by atoms with Gasteiger partial charge in [-0.3, -0.25) is 14.2 Å². The average Bonchev–Trinajstić information content (AvgIpc) is 2.82. The third-order valence-electron chi connectivity index (χ3n) is 3.91. The monoisotopic (exact) mass is 392 g/mol. The summed E-state index contributed by atoms with van der Waals surface area (Å²) in [6.07, 6.45) is -5.58. The van der Waals surface area contributed by atoms with Gasteiger partial charge in [0.1, 0.15) is 18.0 Å². The molecule has 6 N–H and O–H groups in total. The first-order valence-electron chi connectivity index (χ1n) is 7.77. The normalized spacial score (nSPS) is 25.1. The van der Waals surface area contributed by atoms with E-state index in [1.165, 1.54) is 0 Å². The molecule has 0 saturated carbocycles. The molecule has 27 heavy (non-hydrogen) atoms. The lowest BCUT2D eigenvalue weighted by atomic mass is 10.1. The first kappa shape index (κ1) is 20.8. The Labute approximate surface area is 150 Å². The second kappa shape index (κ2) is 8.04. The maximum Gasteiger partial charge on any atom is 0.351 e. The fraction of sp³-hybridized carbons (Fsp3) is 0.571. The predicted molar refractivity (Wildman–Crippen MR) is 83.9 cm³/mol. The maximum absolute atomic E-state index is 14.1. The Bertz CT molecular complexity index is 772. The van der Waals surface area contributed by atoms with E-state index in [1.54, 1.807) is 0 Å². The molecule has 0 aliphatic carbocycles. The molecule has 1 saturated heterocycles. The van der Waals surface area contributed by atoms with Gasteiger partial charge in [-0.2, -0.15) is 13.8 Å². The molecule has 0 radical (unpaired) electrons. The number of carboxylic acid groups (broad SMARTS) is 1. The van der Waals surface area contributed by atoms with Gasteiger partial charge in [0.2, 0.25) is 12.1 Å². The van der Waals surface area contributed by atoms with Crippen molar-refractivity contribution in [3.63, 3.8) is 0 Å². The van der Waals surface area contributed by atoms with Crippen LogP contribution >= 0.6 is 0 Å². The van der Waals surface area contributed by atoms with Crippen LogP contribution < -0.4 is 16.7 Å². The molecule has 1 aromatic heterocycles. The van der Waals surface area contributed by atoms with Crippen molar-refractivity contribution < 1.29 is 38.4 Å². The van der Waals surface area contributed by atoms with Crippen LogP contribution in [0.2, 0.25) is 0 Å². The van der Waals surface area contributed by atoms with E-state index in [-0.39, 0.29) is 18.7 Å². The fourth-order valence-corrected chi connectivity index (χ4v) is 2.39. The van der Waals surface area contributed by atoms with E-state index in [2.05, 4.69) is 10.3 Å². The summed E-state index contributed by atoms with van der Waals surface area (Å²) in [4.78, 5) is 37.7. The number of hydrogen-bond acceptors (Lipinski definition) is 8. The minimum absolute atomic E-state index is 0.152. The number of aliphatic carboxylic acids is 1. The summed E-state index contributed by atoms with van der Waals surface area (Å²) in [5.74, 6) is -6.04. The van der Waals surface area contributed by atoms with Gasteiger partial charge in [-0.1, -0.05) is 0 Å². The molecule has 2 rings (SSSR count). The van der Waals surface area contributed by atoms with Gasteiger partial charge in [0.05, 0.1) is 6.61 Å². The van der Waals surface area contributed by atoms with E-state index in [1.807, 2.05) is 0 Å². The number of carbonyl (C=O) groups excluding carboxylic acids is 1. The second-order valence-electron chi connectivity index (χ2n) is 5.86. The van der Waals surface area contributed by atoms with Crippen molar-refractivity contribution in [2.24, 2.45) is 5.73 Å². The molecular formula is C14H18F2N4O7. The van der Waals surface area contributed by atoms with E-state index < -0.39 is 54.6 Å². The van der Waals surface area contributed by atoms with Crippen molar-refractivity contribution in [1.82, 2.24) is 9.55 Å². The molecule has 4 atom stereocenters. The summed E-state index contributed by atoms with van der Waals surface area (Å²) in [7, 11) is 0. The average molecular weight is 392 g/mol. The van der Waals surface area contributed by atoms with E-state index >= 15 is 0 Å². The van der Waals surface area contributed by atoms with Crippen molar-refractivity contribution in [3.8, 4) is 0 Å². The Morgan fingerprint density at radius 3 is 2.67 bits per heavy atom. The van der Waals surface area contributed by atoms with E-state index in [4.69, 9.17) is 20.7 Å². The Hall–Kier alpha value is -2.48. The summed E-state index contributed by atoms with van der Waals surface area (Å²) in [6, 6.07) is -0.182. The number of rotatable bonds is 7. The topological polar surface area (TPSA) is 177 Å². The van der Waals surface area contributed by atoms with Gasteiger partial charge in [-0.05, 0) is 12.5 Å². The molecule has 2 unspecified atom stereocenters. The van der Waals surface area contributed by atoms with Gasteiger partial charge < -0.3 is 31.1 Å². The van der Waals surface area contributed by atoms with E-state index in [9.17, 15) is 28.3 Å². The SMILES string of the molecule is NC(CCC(=O)Nc1ccn([C@@H]2O[C@H](CO)C(O)C2(F)F)c(=O)n1)C(=O)O. The Kier molecular flexibility index (Phi) is 6.20. The summed E-state index contributed by atoms with van der Waals surface area (Å²) >= 11 is 0. The lowest BCUT2D eigenvalue weighted by Gasteiger charge is -2.21. The minimum atomic E-state index is -3.85. The van der Waals surface area contributed by atoms with Gasteiger partial charge in [-0.15, -0.1) is 0 Å². The highest BCUT2D eigenvalue weighted by Gasteiger charge is 2.59. The number of anilines is 1. The maximum atomic E-state index is 14.1. The molecule has 1 aromatic rings. The third-order valence-corrected chi connectivity index (χ3v) is 3.91. The van der Waals surface area contributed by atoms with Crippen LogP contribution in [0, 0.1) is 0 Å². The van der Waals surface area contributed by atoms with Crippen LogP contribution in [0.4, 0.5) is 14.6 Å². The number of nitrogens with two attached hydrogens (primary N) is 1. The lowest BCUT2D eigenvalue weighted by Crippen LogP contribution is -2.41. The van der Waals surface area contributed by atoms with Crippen LogP contribution in [-0.2, 0) is 14.3 Å². The number of carboxylic acids is 1. The van der Waals surface area contributed by atoms with Crippen LogP contribution in [0.25, 0.3) is 0 Å². The second-order valence-corrected chi connectivity index (χ2v) is 5.86. The van der Waals surface area contributed by atoms with Gasteiger partial charge in [-0.25, -0.2) is 4.79 Å². The quantitative estimate of drug-likeness (QED) is 0.360. The minimum Gasteiger partial charge on any atom is -0.480 e. The van der Waals surface area contributed by atoms with Crippen LogP contribution in [-0.4, -0.2) is 67.5 Å². The molecule has 11 nitrogen and oxygen atoms in total. The van der Waals surface area contributed by atoms with Crippen LogP contribution in [0.5, 0.6) is 0 Å². The van der Waals surface area contributed by atoms with E-state index in [0.717, 1.165) is 12.3 Å². The summed E-state index contributed by atoms with van der Waals surface area (Å²) < 4.78 is 33.4. The zero-order valence-electron chi connectivity index (χ0n) is 13.8. The number of hydrogen-bond donors (Lipinski definition) is 5. The number of aliphatic hydroxyl groups excluding tert-OH is 2. The third kappa shape index (κ3) is 4.44. The van der Waals surface area contributed by atoms with E-state index in [0.29, 0.717) is 4.57 Å². The van der Waals surface area contributed by atoms with Gasteiger partial charge >= 0.3 is 17.6 Å². The van der Waals surface area contributed by atoms with Crippen molar-refractivity contribution >= 4 is 17.7 Å². The molecule has 1 amide bonds. The van der Waals surface area contributed by atoms with Gasteiger partial charge in [0, 0.05) is 12.6 Å². The van der Waals surface area contributed by atoms with Gasteiger partial charge in [0.25, 0.3) is 0 Å². The smallest absolute Gasteiger partial charge is 0.351 e. The molecule has 150 valence electrons. The zero-order valence-corrected chi connectivity index (χ0v) is 13.8. The van der Waals surface area contributed by atoms with Crippen molar-refractivity contribution in [2.45, 2.75) is 43.2 Å². The number of nitrogens with zero attached hydrogens (tertiary/aromatic N) is 2. The Morgan fingerprint density at radius 1 is 1.48 bits per heavy atom. The molecule has 1 aliphatic rings. The largest absolute Gasteiger partial charge is 0.480 e. The Balaban J connectivity index is 2.09. The highest BCUT2D eigenvalue weighted by atomic mass is 19.3. The lowest BCUT2D eigenvalue weighted by molar-refractivity contribution is -0.141. The van der Waals surface area contributed by atoms with Crippen molar-refractivity contribution in [3.05, 3.63) is 22.7 Å². The molecule has 0 bridgehead atoms. The predicted octanol–water partition coefficient (Wildman–Crippen LogP) is -1.74. The first-order chi connectivity index (χ1) is 12.6. The summed E-state index contributed by atoms with van der Waals surface area (Å²) in [6.45, 7) is -0.873. The number of amides is 1. The van der Waals surface area contributed by atoms with Crippen molar-refractivity contribution in [1.29, 1.82) is 0 Å². The number of aliphatic hydroxyl groups is 2. The molecule has 0 spiro atoms. The van der Waals surface area contributed by atoms with Crippen LogP contribution in [0.1, 0.15) is 19.1 Å². The molecule has 13 heteroatoms. The molecule has 1 aliphatic heterocycles. The molecular weight excluding hydrogens is 374 g/mol. The number of nitrogens with one attached hydrogen (secondary N) is 1. The summed E-state index contributed by atoms with van der Waals surface area (Å²) in [5.41, 5.74) is 4.07. The van der Waals surface area contributed by atoms with Crippen LogP contribution in [0.15, 0.2) is 17.1 Å². The standard InChI is InChI=1S/C14H18F2N4O7/c15-14(16)10(23)7(5-21)27-12(14)20-4-3-8(19-13(20)26)18-9(22)2-1-6(17)11(24)25/h3-4,6-7,10,12,21,23H,1-2,5,17H2,(H,24,25)(H,18,19,22,26)/t6?,7-,10?,12-/m1/s1. The molecule has 0 aromatic carbocycles. The first-order valence-corrected chi connectivity index (χ1v) is 7.77. The number of alkyl halides is 2. The Morgan fingerprint density at radius 2 is 2.15 bits per heavy atom. The number of carbonyl (C=O) groups is 2. The van der Waals surface area contributed by atoms with Crippen LogP contribution in [0.3, 0.4) is 0 Å². The highest BCUT2D eigenvalue weighted by Crippen LogP contribution is 2.41.